The predicted octanol–water partition coefficient (Wildman–Crippen LogP) is 5.27. The van der Waals surface area contributed by atoms with Crippen molar-refractivity contribution >= 4 is 38.3 Å². The van der Waals surface area contributed by atoms with Crippen LogP contribution in [-0.2, 0) is 5.54 Å². The Bertz CT molecular complexity index is 1190. The summed E-state index contributed by atoms with van der Waals surface area (Å²) in [5.74, 6) is -0.143. The Morgan fingerprint density at radius 1 is 0.963 bits per heavy atom. The lowest BCUT2D eigenvalue weighted by Gasteiger charge is -2.34. The average Bonchev–Trinajstić information content (AvgIpc) is 3.21. The smallest absolute Gasteiger partial charge is 0.202 e. The Kier molecular flexibility index (Phi) is 3.50. The van der Waals surface area contributed by atoms with E-state index < -0.39 is 5.54 Å². The van der Waals surface area contributed by atoms with E-state index in [2.05, 4.69) is 20.9 Å². The van der Waals surface area contributed by atoms with E-state index in [1.54, 1.807) is 12.1 Å². The predicted molar refractivity (Wildman–Crippen MR) is 108 cm³/mol. The first-order chi connectivity index (χ1) is 13.1. The van der Waals surface area contributed by atoms with Crippen LogP contribution in [0.1, 0.15) is 21.5 Å². The maximum absolute atomic E-state index is 13.7. The lowest BCUT2D eigenvalue weighted by molar-refractivity contribution is 0.0846. The van der Waals surface area contributed by atoms with Crippen molar-refractivity contribution in [2.45, 2.75) is 5.54 Å². The summed E-state index contributed by atoms with van der Waals surface area (Å²) < 4.78 is 0.944. The molecule has 4 nitrogen and oxygen atoms in total. The molecule has 132 valence electrons. The number of hydrogen-bond acceptors (Lipinski definition) is 3. The fourth-order valence-corrected chi connectivity index (χ4v) is 4.41. The van der Waals surface area contributed by atoms with Crippen LogP contribution in [-0.4, -0.2) is 16.0 Å². The average molecular weight is 419 g/mol. The zero-order valence-corrected chi connectivity index (χ0v) is 15.8. The van der Waals surface area contributed by atoms with Gasteiger partial charge in [-0.25, -0.2) is 5.06 Å². The highest BCUT2D eigenvalue weighted by molar-refractivity contribution is 9.10. The van der Waals surface area contributed by atoms with E-state index in [1.165, 1.54) is 0 Å². The number of hydrogen-bond donors (Lipinski definition) is 2. The van der Waals surface area contributed by atoms with Crippen LogP contribution in [0.15, 0.2) is 83.5 Å². The van der Waals surface area contributed by atoms with Crippen molar-refractivity contribution in [3.05, 3.63) is 100 Å². The van der Waals surface area contributed by atoms with E-state index in [-0.39, 0.29) is 5.78 Å². The maximum Gasteiger partial charge on any atom is 0.202 e. The van der Waals surface area contributed by atoms with Gasteiger partial charge < -0.3 is 4.98 Å². The molecule has 1 aliphatic heterocycles. The van der Waals surface area contributed by atoms with Crippen molar-refractivity contribution in [1.82, 2.24) is 4.98 Å². The van der Waals surface area contributed by atoms with E-state index in [0.29, 0.717) is 11.3 Å². The van der Waals surface area contributed by atoms with Crippen LogP contribution in [0.3, 0.4) is 0 Å². The van der Waals surface area contributed by atoms with Gasteiger partial charge in [-0.1, -0.05) is 64.5 Å². The van der Waals surface area contributed by atoms with Crippen molar-refractivity contribution < 1.29 is 10.0 Å². The first-order valence-electron chi connectivity index (χ1n) is 8.59. The molecule has 5 rings (SSSR count). The molecule has 1 aromatic heterocycles. The Hall–Kier alpha value is -2.89. The normalized spacial score (nSPS) is 18.9. The van der Waals surface area contributed by atoms with E-state index in [9.17, 15) is 10.0 Å². The fourth-order valence-electron chi connectivity index (χ4n) is 4.04. The minimum atomic E-state index is -1.34. The number of nitrogens with one attached hydrogen (secondary N) is 1. The van der Waals surface area contributed by atoms with Gasteiger partial charge >= 0.3 is 0 Å². The van der Waals surface area contributed by atoms with E-state index >= 15 is 0 Å². The van der Waals surface area contributed by atoms with E-state index in [0.717, 1.165) is 31.6 Å². The molecule has 27 heavy (non-hydrogen) atoms. The Labute approximate surface area is 164 Å². The molecular formula is C22H15BrN2O2. The van der Waals surface area contributed by atoms with E-state index in [4.69, 9.17) is 0 Å². The van der Waals surface area contributed by atoms with Crippen LogP contribution in [0.5, 0.6) is 0 Å². The number of rotatable bonds is 2. The number of aromatic nitrogens is 1. The number of anilines is 1. The molecule has 0 fully saturated rings. The second kappa shape index (κ2) is 5.81. The van der Waals surface area contributed by atoms with Gasteiger partial charge in [0.2, 0.25) is 5.78 Å². The molecule has 0 unspecified atom stereocenters. The number of nitrogens with zero attached hydrogens (tertiary/aromatic N) is 1. The third-order valence-corrected chi connectivity index (χ3v) is 5.74. The summed E-state index contributed by atoms with van der Waals surface area (Å²) in [6.07, 6.45) is 1.82. The van der Waals surface area contributed by atoms with Gasteiger partial charge in [0, 0.05) is 32.7 Å². The summed E-state index contributed by atoms with van der Waals surface area (Å²) in [4.78, 5) is 17.0. The van der Waals surface area contributed by atoms with Gasteiger partial charge in [-0.15, -0.1) is 0 Å². The zero-order chi connectivity index (χ0) is 18.6. The lowest BCUT2D eigenvalue weighted by Crippen LogP contribution is -2.47. The zero-order valence-electron chi connectivity index (χ0n) is 14.2. The molecule has 5 heteroatoms. The largest absolute Gasteiger partial charge is 0.361 e. The minimum absolute atomic E-state index is 0.143. The number of Topliss-reactive ketones (excluding diaryl/α,β-unsaturated/α-hetero) is 1. The fraction of sp³-hybridized carbons (Fsp3) is 0.0455. The number of ketones is 1. The number of hydroxylamine groups is 1. The summed E-state index contributed by atoms with van der Waals surface area (Å²) in [6.45, 7) is 0. The van der Waals surface area contributed by atoms with Crippen LogP contribution in [0, 0.1) is 0 Å². The monoisotopic (exact) mass is 418 g/mol. The minimum Gasteiger partial charge on any atom is -0.361 e. The van der Waals surface area contributed by atoms with Crippen LogP contribution < -0.4 is 5.06 Å². The molecule has 4 aromatic rings. The van der Waals surface area contributed by atoms with Gasteiger partial charge in [-0.2, -0.15) is 0 Å². The van der Waals surface area contributed by atoms with Crippen LogP contribution in [0.4, 0.5) is 5.69 Å². The van der Waals surface area contributed by atoms with Gasteiger partial charge in [0.15, 0.2) is 5.54 Å². The molecule has 0 radical (unpaired) electrons. The number of carbonyl (C=O) groups excluding carboxylic acids is 1. The molecule has 0 saturated carbocycles. The molecule has 3 aromatic carbocycles. The van der Waals surface area contributed by atoms with Crippen molar-refractivity contribution in [3.8, 4) is 0 Å². The molecule has 0 amide bonds. The summed E-state index contributed by atoms with van der Waals surface area (Å²) >= 11 is 3.48. The second-order valence-corrected chi connectivity index (χ2v) is 7.54. The highest BCUT2D eigenvalue weighted by Crippen LogP contribution is 2.49. The number of para-hydroxylation sites is 1. The summed E-state index contributed by atoms with van der Waals surface area (Å²) in [7, 11) is 0. The third-order valence-electron chi connectivity index (χ3n) is 5.25. The summed E-state index contributed by atoms with van der Waals surface area (Å²) in [5, 5.41) is 13.3. The van der Waals surface area contributed by atoms with Crippen LogP contribution in [0.25, 0.3) is 10.9 Å². The number of carbonyl (C=O) groups is 1. The molecular weight excluding hydrogens is 404 g/mol. The molecule has 2 N–H and O–H groups in total. The molecule has 0 bridgehead atoms. The Morgan fingerprint density at radius 2 is 1.70 bits per heavy atom. The summed E-state index contributed by atoms with van der Waals surface area (Å²) in [5.41, 5.74) is 2.02. The number of aromatic amines is 1. The second-order valence-electron chi connectivity index (χ2n) is 6.63. The van der Waals surface area contributed by atoms with Crippen molar-refractivity contribution in [3.63, 3.8) is 0 Å². The number of fused-ring (bicyclic) bond motifs is 2. The maximum atomic E-state index is 13.7. The van der Waals surface area contributed by atoms with Crippen molar-refractivity contribution in [1.29, 1.82) is 0 Å². The van der Waals surface area contributed by atoms with Gasteiger partial charge in [-0.05, 0) is 29.8 Å². The quantitative estimate of drug-likeness (QED) is 0.466. The van der Waals surface area contributed by atoms with Gasteiger partial charge in [-0.3, -0.25) is 10.0 Å². The highest BCUT2D eigenvalue weighted by Gasteiger charge is 2.55. The van der Waals surface area contributed by atoms with Crippen LogP contribution >= 0.6 is 15.9 Å². The standard InChI is InChI=1S/C22H15BrN2O2/c23-15-10-11-16-18(13-24-19(16)12-15)22(14-6-2-1-3-7-14)21(26)17-8-4-5-9-20(17)25(22)27/h1-13,24,27H/t22-/m0/s1. The third kappa shape index (κ3) is 2.10. The molecule has 0 spiro atoms. The molecule has 2 heterocycles. The highest BCUT2D eigenvalue weighted by atomic mass is 79.9. The van der Waals surface area contributed by atoms with Crippen molar-refractivity contribution in [2.75, 3.05) is 5.06 Å². The lowest BCUT2D eigenvalue weighted by atomic mass is 9.79. The topological polar surface area (TPSA) is 56.3 Å². The van der Waals surface area contributed by atoms with Gasteiger partial charge in [0.05, 0.1) is 5.69 Å². The van der Waals surface area contributed by atoms with Gasteiger partial charge in [0.1, 0.15) is 0 Å². The van der Waals surface area contributed by atoms with Crippen molar-refractivity contribution in [2.24, 2.45) is 0 Å². The Balaban J connectivity index is 1.88. The number of halogens is 1. The molecule has 0 saturated heterocycles. The number of H-pyrrole nitrogens is 1. The SMILES string of the molecule is O=C1c2ccccc2N(O)[C@@]1(c1ccccc1)c1c[nH]c2cc(Br)ccc12. The molecule has 1 aliphatic rings. The summed E-state index contributed by atoms with van der Waals surface area (Å²) in [6, 6.07) is 22.5. The Morgan fingerprint density at radius 3 is 2.48 bits per heavy atom. The molecule has 1 atom stereocenters. The first kappa shape index (κ1) is 16.3. The van der Waals surface area contributed by atoms with E-state index in [1.807, 2.05) is 66.9 Å². The van der Waals surface area contributed by atoms with Crippen LogP contribution in [0.2, 0.25) is 0 Å². The number of benzene rings is 3. The first-order valence-corrected chi connectivity index (χ1v) is 9.39. The molecule has 0 aliphatic carbocycles. The van der Waals surface area contributed by atoms with Gasteiger partial charge in [0.25, 0.3) is 0 Å².